The number of carboxylic acid groups (broad SMARTS) is 1. The first-order chi connectivity index (χ1) is 9.12. The summed E-state index contributed by atoms with van der Waals surface area (Å²) < 4.78 is 62.6. The third-order valence-electron chi connectivity index (χ3n) is 2.51. The Balaban J connectivity index is 2.40. The second kappa shape index (κ2) is 4.39. The van der Waals surface area contributed by atoms with Gasteiger partial charge in [0.05, 0.1) is 17.9 Å². The van der Waals surface area contributed by atoms with Crippen LogP contribution in [0.1, 0.15) is 10.5 Å². The van der Waals surface area contributed by atoms with Gasteiger partial charge >= 0.3 is 18.1 Å². The molecule has 108 valence electrons. The van der Waals surface area contributed by atoms with Gasteiger partial charge in [-0.3, -0.25) is 4.68 Å². The van der Waals surface area contributed by atoms with Crippen molar-refractivity contribution >= 4 is 16.9 Å². The molecule has 2 heterocycles. The quantitative estimate of drug-likeness (QED) is 0.882. The standard InChI is InChI=1S/C10H6F5N3O2/c11-9(12,10(13,14)15)4-18-7-3-16-6(8(19)20)1-5(7)2-17-18/h1-3H,4H2,(H,19,20). The van der Waals surface area contributed by atoms with Crippen LogP contribution in [0.5, 0.6) is 0 Å². The molecule has 0 amide bonds. The molecule has 0 fully saturated rings. The Labute approximate surface area is 107 Å². The highest BCUT2D eigenvalue weighted by molar-refractivity contribution is 5.90. The van der Waals surface area contributed by atoms with E-state index in [9.17, 15) is 26.7 Å². The number of hydrogen-bond donors (Lipinski definition) is 1. The van der Waals surface area contributed by atoms with E-state index in [2.05, 4.69) is 10.1 Å². The lowest BCUT2D eigenvalue weighted by Gasteiger charge is -2.19. The summed E-state index contributed by atoms with van der Waals surface area (Å²) in [5, 5.41) is 12.2. The SMILES string of the molecule is O=C(O)c1cc2cnn(CC(F)(F)C(F)(F)F)c2cn1. The van der Waals surface area contributed by atoms with Gasteiger partial charge in [-0.2, -0.15) is 27.1 Å². The second-order valence-electron chi connectivity index (χ2n) is 3.94. The summed E-state index contributed by atoms with van der Waals surface area (Å²) in [6.45, 7) is -1.70. The number of pyridine rings is 1. The average Bonchev–Trinajstić information content (AvgIpc) is 2.69. The largest absolute Gasteiger partial charge is 0.477 e. The number of hydrogen-bond acceptors (Lipinski definition) is 3. The maximum absolute atomic E-state index is 12.9. The minimum atomic E-state index is -5.69. The van der Waals surface area contributed by atoms with Crippen molar-refractivity contribution in [3.8, 4) is 0 Å². The summed E-state index contributed by atoms with van der Waals surface area (Å²) in [5.74, 6) is -6.29. The molecule has 2 rings (SSSR count). The maximum Gasteiger partial charge on any atom is 0.455 e. The molecule has 0 unspecified atom stereocenters. The first-order valence-electron chi connectivity index (χ1n) is 5.11. The summed E-state index contributed by atoms with van der Waals surface area (Å²) in [6, 6.07) is 1.03. The third kappa shape index (κ3) is 2.40. The Hall–Kier alpha value is -2.26. The third-order valence-corrected chi connectivity index (χ3v) is 2.51. The maximum atomic E-state index is 12.9. The van der Waals surface area contributed by atoms with E-state index in [1.807, 2.05) is 0 Å². The molecule has 20 heavy (non-hydrogen) atoms. The molecular weight excluding hydrogens is 289 g/mol. The van der Waals surface area contributed by atoms with Crippen LogP contribution in [0.25, 0.3) is 10.9 Å². The Morgan fingerprint density at radius 3 is 2.45 bits per heavy atom. The lowest BCUT2D eigenvalue weighted by Crippen LogP contribution is -2.40. The van der Waals surface area contributed by atoms with E-state index in [1.54, 1.807) is 0 Å². The van der Waals surface area contributed by atoms with Crippen molar-refractivity contribution in [1.29, 1.82) is 0 Å². The summed E-state index contributed by atoms with van der Waals surface area (Å²) in [7, 11) is 0. The van der Waals surface area contributed by atoms with Gasteiger partial charge in [-0.25, -0.2) is 9.78 Å². The fourth-order valence-corrected chi connectivity index (χ4v) is 1.50. The van der Waals surface area contributed by atoms with E-state index in [1.165, 1.54) is 0 Å². The van der Waals surface area contributed by atoms with E-state index < -0.39 is 24.6 Å². The molecule has 0 radical (unpaired) electrons. The highest BCUT2D eigenvalue weighted by Crippen LogP contribution is 2.37. The van der Waals surface area contributed by atoms with Crippen molar-refractivity contribution < 1.29 is 31.9 Å². The molecule has 0 bridgehead atoms. The predicted molar refractivity (Wildman–Crippen MR) is 55.5 cm³/mol. The molecule has 5 nitrogen and oxygen atoms in total. The Morgan fingerprint density at radius 1 is 1.25 bits per heavy atom. The molecule has 10 heteroatoms. The number of nitrogens with zero attached hydrogens (tertiary/aromatic N) is 3. The van der Waals surface area contributed by atoms with Crippen LogP contribution in [0, 0.1) is 0 Å². The van der Waals surface area contributed by atoms with Gasteiger partial charge in [0.25, 0.3) is 0 Å². The molecular formula is C10H6F5N3O2. The lowest BCUT2D eigenvalue weighted by atomic mass is 10.2. The highest BCUT2D eigenvalue weighted by atomic mass is 19.4. The van der Waals surface area contributed by atoms with Gasteiger partial charge in [-0.1, -0.05) is 0 Å². The zero-order chi connectivity index (χ0) is 15.1. The van der Waals surface area contributed by atoms with Crippen LogP contribution in [-0.4, -0.2) is 37.9 Å². The van der Waals surface area contributed by atoms with Gasteiger partial charge in [0, 0.05) is 5.39 Å². The number of carboxylic acids is 1. The Morgan fingerprint density at radius 2 is 1.90 bits per heavy atom. The number of fused-ring (bicyclic) bond motifs is 1. The summed E-state index contributed by atoms with van der Waals surface area (Å²) >= 11 is 0. The first kappa shape index (κ1) is 14.2. The number of carbonyl (C=O) groups is 1. The summed E-state index contributed by atoms with van der Waals surface area (Å²) in [6.07, 6.45) is -3.81. The van der Waals surface area contributed by atoms with Gasteiger partial charge in [-0.15, -0.1) is 0 Å². The lowest BCUT2D eigenvalue weighted by molar-refractivity contribution is -0.287. The summed E-state index contributed by atoms with van der Waals surface area (Å²) in [4.78, 5) is 14.1. The Kier molecular flexibility index (Phi) is 3.11. The number of halogens is 5. The fraction of sp³-hybridized carbons (Fsp3) is 0.300. The number of aromatic nitrogens is 3. The number of rotatable bonds is 3. The normalized spacial score (nSPS) is 12.8. The predicted octanol–water partition coefficient (Wildman–Crippen LogP) is 2.33. The fourth-order valence-electron chi connectivity index (χ4n) is 1.50. The molecule has 0 saturated heterocycles. The van der Waals surface area contributed by atoms with Gasteiger partial charge in [0.15, 0.2) is 0 Å². The van der Waals surface area contributed by atoms with E-state index in [0.717, 1.165) is 18.5 Å². The highest BCUT2D eigenvalue weighted by Gasteiger charge is 2.57. The molecule has 0 aliphatic heterocycles. The van der Waals surface area contributed by atoms with Crippen LogP contribution in [-0.2, 0) is 6.54 Å². The summed E-state index contributed by atoms with van der Waals surface area (Å²) in [5.41, 5.74) is -0.474. The zero-order valence-corrected chi connectivity index (χ0v) is 9.53. The molecule has 0 atom stereocenters. The number of alkyl halides is 5. The monoisotopic (exact) mass is 295 g/mol. The van der Waals surface area contributed by atoms with E-state index in [-0.39, 0.29) is 16.6 Å². The van der Waals surface area contributed by atoms with Crippen LogP contribution >= 0.6 is 0 Å². The molecule has 0 aliphatic rings. The zero-order valence-electron chi connectivity index (χ0n) is 9.53. The molecule has 0 saturated carbocycles. The van der Waals surface area contributed by atoms with Crippen LogP contribution in [0.2, 0.25) is 0 Å². The minimum absolute atomic E-state index is 0.107. The van der Waals surface area contributed by atoms with Gasteiger partial charge in [-0.05, 0) is 6.07 Å². The number of aromatic carboxylic acids is 1. The van der Waals surface area contributed by atoms with E-state index in [0.29, 0.717) is 4.68 Å². The smallest absolute Gasteiger partial charge is 0.455 e. The topological polar surface area (TPSA) is 68.0 Å². The van der Waals surface area contributed by atoms with Gasteiger partial charge in [0.2, 0.25) is 0 Å². The molecule has 1 N–H and O–H groups in total. The van der Waals surface area contributed by atoms with Crippen LogP contribution < -0.4 is 0 Å². The van der Waals surface area contributed by atoms with E-state index >= 15 is 0 Å². The van der Waals surface area contributed by atoms with Gasteiger partial charge < -0.3 is 5.11 Å². The van der Waals surface area contributed by atoms with Crippen molar-refractivity contribution in [2.75, 3.05) is 0 Å². The first-order valence-corrected chi connectivity index (χ1v) is 5.11. The minimum Gasteiger partial charge on any atom is -0.477 e. The van der Waals surface area contributed by atoms with Crippen molar-refractivity contribution in [1.82, 2.24) is 14.8 Å². The second-order valence-corrected chi connectivity index (χ2v) is 3.94. The van der Waals surface area contributed by atoms with Gasteiger partial charge in [0.1, 0.15) is 12.2 Å². The molecule has 0 spiro atoms. The average molecular weight is 295 g/mol. The van der Waals surface area contributed by atoms with Crippen molar-refractivity contribution in [3.63, 3.8) is 0 Å². The van der Waals surface area contributed by atoms with Crippen molar-refractivity contribution in [3.05, 3.63) is 24.2 Å². The molecule has 2 aromatic rings. The molecule has 0 aromatic carbocycles. The Bertz CT molecular complexity index is 664. The van der Waals surface area contributed by atoms with Crippen molar-refractivity contribution in [2.45, 2.75) is 18.6 Å². The molecule has 0 aliphatic carbocycles. The van der Waals surface area contributed by atoms with E-state index in [4.69, 9.17) is 5.11 Å². The molecule has 2 aromatic heterocycles. The van der Waals surface area contributed by atoms with Crippen LogP contribution in [0.3, 0.4) is 0 Å². The van der Waals surface area contributed by atoms with Crippen molar-refractivity contribution in [2.24, 2.45) is 0 Å². The van der Waals surface area contributed by atoms with Crippen LogP contribution in [0.15, 0.2) is 18.5 Å². The van der Waals surface area contributed by atoms with Crippen LogP contribution in [0.4, 0.5) is 22.0 Å².